The lowest BCUT2D eigenvalue weighted by molar-refractivity contribution is -0.114. The zero-order valence-corrected chi connectivity index (χ0v) is 12.1. The van der Waals surface area contributed by atoms with Gasteiger partial charge in [-0.05, 0) is 35.2 Å². The molecule has 1 aliphatic rings. The standard InChI is InChI=1S/C15H11BrOS/c1-9-4-10(14(17)5-9)7-13-8-11-6-12(16)2-3-15(11)18-13/h2-4,6,8H,1,5,7H2. The molecule has 18 heavy (non-hydrogen) atoms. The number of hydrogen-bond donors (Lipinski definition) is 0. The summed E-state index contributed by atoms with van der Waals surface area (Å²) in [5.41, 5.74) is 1.82. The summed E-state index contributed by atoms with van der Waals surface area (Å²) in [5.74, 6) is 0.221. The van der Waals surface area contributed by atoms with Gasteiger partial charge in [-0.15, -0.1) is 11.3 Å². The van der Waals surface area contributed by atoms with Crippen LogP contribution in [0, 0.1) is 0 Å². The van der Waals surface area contributed by atoms with Crippen molar-refractivity contribution in [3.8, 4) is 0 Å². The van der Waals surface area contributed by atoms with Gasteiger partial charge in [-0.2, -0.15) is 0 Å². The first-order chi connectivity index (χ1) is 8.61. The second kappa shape index (κ2) is 4.48. The minimum Gasteiger partial charge on any atom is -0.294 e. The zero-order valence-electron chi connectivity index (χ0n) is 9.70. The molecule has 0 radical (unpaired) electrons. The Morgan fingerprint density at radius 1 is 1.33 bits per heavy atom. The number of ketones is 1. The maximum absolute atomic E-state index is 11.7. The summed E-state index contributed by atoms with van der Waals surface area (Å²) in [6.45, 7) is 3.85. The molecule has 0 spiro atoms. The van der Waals surface area contributed by atoms with Crippen LogP contribution in [0.1, 0.15) is 11.3 Å². The van der Waals surface area contributed by atoms with Gasteiger partial charge in [0.05, 0.1) is 0 Å². The SMILES string of the molecule is C=C1C=C(Cc2cc3cc(Br)ccc3s2)C(=O)C1. The van der Waals surface area contributed by atoms with Crippen LogP contribution in [0.3, 0.4) is 0 Å². The van der Waals surface area contributed by atoms with Gasteiger partial charge in [-0.1, -0.05) is 28.6 Å². The van der Waals surface area contributed by atoms with E-state index in [0.717, 1.165) is 22.0 Å². The van der Waals surface area contributed by atoms with Crippen LogP contribution >= 0.6 is 27.3 Å². The molecule has 0 saturated carbocycles. The Morgan fingerprint density at radius 2 is 2.17 bits per heavy atom. The van der Waals surface area contributed by atoms with E-state index < -0.39 is 0 Å². The predicted octanol–water partition coefficient (Wildman–Crippen LogP) is 4.66. The van der Waals surface area contributed by atoms with Crippen molar-refractivity contribution in [2.24, 2.45) is 0 Å². The van der Waals surface area contributed by atoms with Gasteiger partial charge in [0, 0.05) is 32.5 Å². The largest absolute Gasteiger partial charge is 0.294 e. The third-order valence-electron chi connectivity index (χ3n) is 3.02. The average Bonchev–Trinajstić information content (AvgIpc) is 2.82. The first-order valence-corrected chi connectivity index (χ1v) is 7.32. The van der Waals surface area contributed by atoms with Gasteiger partial charge in [0.2, 0.25) is 0 Å². The quantitative estimate of drug-likeness (QED) is 0.787. The minimum atomic E-state index is 0.221. The van der Waals surface area contributed by atoms with Gasteiger partial charge in [0.25, 0.3) is 0 Å². The number of Topliss-reactive ketones (excluding diaryl/α,β-unsaturated/α-hetero) is 1. The molecule has 0 fully saturated rings. The molecule has 0 saturated heterocycles. The van der Waals surface area contributed by atoms with Crippen molar-refractivity contribution in [3.63, 3.8) is 0 Å². The highest BCUT2D eigenvalue weighted by Gasteiger charge is 2.18. The molecular weight excluding hydrogens is 308 g/mol. The number of carbonyl (C=O) groups is 1. The maximum atomic E-state index is 11.7. The van der Waals surface area contributed by atoms with Crippen molar-refractivity contribution < 1.29 is 4.79 Å². The first-order valence-electron chi connectivity index (χ1n) is 5.71. The molecule has 0 unspecified atom stereocenters. The summed E-state index contributed by atoms with van der Waals surface area (Å²) in [6, 6.07) is 8.43. The first kappa shape index (κ1) is 11.9. The van der Waals surface area contributed by atoms with E-state index in [1.807, 2.05) is 12.1 Å². The van der Waals surface area contributed by atoms with Crippen LogP contribution in [-0.2, 0) is 11.2 Å². The van der Waals surface area contributed by atoms with E-state index in [2.05, 4.69) is 40.7 Å². The Hall–Kier alpha value is -1.19. The van der Waals surface area contributed by atoms with Crippen molar-refractivity contribution >= 4 is 43.1 Å². The minimum absolute atomic E-state index is 0.221. The van der Waals surface area contributed by atoms with E-state index >= 15 is 0 Å². The van der Waals surface area contributed by atoms with E-state index in [1.54, 1.807) is 11.3 Å². The Kier molecular flexibility index (Phi) is 2.96. The summed E-state index contributed by atoms with van der Waals surface area (Å²) >= 11 is 5.23. The molecular formula is C15H11BrOS. The molecule has 0 N–H and O–H groups in total. The molecule has 3 rings (SSSR count). The number of allylic oxidation sites excluding steroid dienone is 3. The van der Waals surface area contributed by atoms with Gasteiger partial charge in [0.15, 0.2) is 5.78 Å². The number of hydrogen-bond acceptors (Lipinski definition) is 2. The van der Waals surface area contributed by atoms with Crippen molar-refractivity contribution in [1.82, 2.24) is 0 Å². The Morgan fingerprint density at radius 3 is 2.89 bits per heavy atom. The highest BCUT2D eigenvalue weighted by atomic mass is 79.9. The van der Waals surface area contributed by atoms with Crippen LogP contribution < -0.4 is 0 Å². The van der Waals surface area contributed by atoms with Gasteiger partial charge >= 0.3 is 0 Å². The number of thiophene rings is 1. The average molecular weight is 319 g/mol. The van der Waals surface area contributed by atoms with E-state index in [9.17, 15) is 4.79 Å². The monoisotopic (exact) mass is 318 g/mol. The highest BCUT2D eigenvalue weighted by Crippen LogP contribution is 2.31. The summed E-state index contributed by atoms with van der Waals surface area (Å²) < 4.78 is 2.35. The lowest BCUT2D eigenvalue weighted by atomic mass is 10.1. The van der Waals surface area contributed by atoms with Crippen LogP contribution in [0.2, 0.25) is 0 Å². The topological polar surface area (TPSA) is 17.1 Å². The fourth-order valence-electron chi connectivity index (χ4n) is 2.19. The van der Waals surface area contributed by atoms with E-state index in [-0.39, 0.29) is 5.78 Å². The molecule has 1 heterocycles. The van der Waals surface area contributed by atoms with Crippen LogP contribution in [0.25, 0.3) is 10.1 Å². The zero-order chi connectivity index (χ0) is 12.7. The normalized spacial score (nSPS) is 15.5. The Labute approximate surface area is 118 Å². The van der Waals surface area contributed by atoms with Gasteiger partial charge in [-0.3, -0.25) is 4.79 Å². The van der Waals surface area contributed by atoms with Crippen LogP contribution in [0.4, 0.5) is 0 Å². The third-order valence-corrected chi connectivity index (χ3v) is 4.63. The van der Waals surface area contributed by atoms with Crippen LogP contribution in [0.15, 0.2) is 52.5 Å². The van der Waals surface area contributed by atoms with Crippen molar-refractivity contribution in [2.45, 2.75) is 12.8 Å². The molecule has 90 valence electrons. The van der Waals surface area contributed by atoms with Gasteiger partial charge in [0.1, 0.15) is 0 Å². The number of benzene rings is 1. The molecule has 0 bridgehead atoms. The maximum Gasteiger partial charge on any atom is 0.163 e. The van der Waals surface area contributed by atoms with Crippen molar-refractivity contribution in [2.75, 3.05) is 0 Å². The highest BCUT2D eigenvalue weighted by molar-refractivity contribution is 9.10. The Bertz CT molecular complexity index is 694. The van der Waals surface area contributed by atoms with Gasteiger partial charge in [-0.25, -0.2) is 0 Å². The molecule has 0 aliphatic heterocycles. The number of rotatable bonds is 2. The lowest BCUT2D eigenvalue weighted by Crippen LogP contribution is -1.97. The molecule has 0 amide bonds. The molecule has 0 atom stereocenters. The summed E-state index contributed by atoms with van der Waals surface area (Å²) in [6.07, 6.45) is 3.16. The van der Waals surface area contributed by atoms with Crippen molar-refractivity contribution in [3.05, 3.63) is 57.4 Å². The number of fused-ring (bicyclic) bond motifs is 1. The summed E-state index contributed by atoms with van der Waals surface area (Å²) in [7, 11) is 0. The number of halogens is 1. The van der Waals surface area contributed by atoms with E-state index in [4.69, 9.17) is 0 Å². The van der Waals surface area contributed by atoms with E-state index in [1.165, 1.54) is 15.0 Å². The van der Waals surface area contributed by atoms with Gasteiger partial charge < -0.3 is 0 Å². The molecule has 1 aromatic carbocycles. The molecule has 3 heteroatoms. The lowest BCUT2D eigenvalue weighted by Gasteiger charge is -1.95. The van der Waals surface area contributed by atoms with E-state index in [0.29, 0.717) is 6.42 Å². The smallest absolute Gasteiger partial charge is 0.163 e. The van der Waals surface area contributed by atoms with Crippen LogP contribution in [0.5, 0.6) is 0 Å². The fraction of sp³-hybridized carbons (Fsp3) is 0.133. The predicted molar refractivity (Wildman–Crippen MR) is 80.1 cm³/mol. The number of carbonyl (C=O) groups excluding carboxylic acids is 1. The Balaban J connectivity index is 1.94. The second-order valence-corrected chi connectivity index (χ2v) is 6.58. The second-order valence-electron chi connectivity index (χ2n) is 4.50. The van der Waals surface area contributed by atoms with Crippen LogP contribution in [-0.4, -0.2) is 5.78 Å². The third kappa shape index (κ3) is 2.20. The fourth-order valence-corrected chi connectivity index (χ4v) is 3.64. The van der Waals surface area contributed by atoms with Crippen molar-refractivity contribution in [1.29, 1.82) is 0 Å². The molecule has 1 aromatic heterocycles. The summed E-state index contributed by atoms with van der Waals surface area (Å²) in [4.78, 5) is 13.0. The molecule has 2 aromatic rings. The molecule has 1 aliphatic carbocycles. The summed E-state index contributed by atoms with van der Waals surface area (Å²) in [5, 5.41) is 1.23. The molecule has 1 nitrogen and oxygen atoms in total.